The van der Waals surface area contributed by atoms with Gasteiger partial charge in [-0.2, -0.15) is 0 Å². The summed E-state index contributed by atoms with van der Waals surface area (Å²) in [7, 11) is 0. The molecule has 0 spiro atoms. The molecular weight excluding hydrogens is 200 g/mol. The third kappa shape index (κ3) is 2.16. The molecule has 0 aromatic carbocycles. The first-order valence-electron chi connectivity index (χ1n) is 5.88. The molecule has 1 saturated heterocycles. The molecule has 4 nitrogen and oxygen atoms in total. The van der Waals surface area contributed by atoms with Crippen LogP contribution in [0.4, 0.5) is 5.82 Å². The summed E-state index contributed by atoms with van der Waals surface area (Å²) in [5.74, 6) is 1.55. The summed E-state index contributed by atoms with van der Waals surface area (Å²) in [6.07, 6.45) is 2.86. The van der Waals surface area contributed by atoms with Gasteiger partial charge in [-0.25, -0.2) is 4.98 Å². The molecule has 1 aliphatic rings. The van der Waals surface area contributed by atoms with Gasteiger partial charge in [-0.3, -0.25) is 4.98 Å². The summed E-state index contributed by atoms with van der Waals surface area (Å²) in [5.41, 5.74) is 8.01. The molecule has 1 fully saturated rings. The van der Waals surface area contributed by atoms with Gasteiger partial charge in [0.25, 0.3) is 0 Å². The summed E-state index contributed by atoms with van der Waals surface area (Å²) in [5, 5.41) is 0. The van der Waals surface area contributed by atoms with Crippen LogP contribution in [0.3, 0.4) is 0 Å². The first kappa shape index (κ1) is 11.3. The van der Waals surface area contributed by atoms with E-state index in [0.29, 0.717) is 12.0 Å². The van der Waals surface area contributed by atoms with Gasteiger partial charge in [0.2, 0.25) is 0 Å². The number of piperidine rings is 1. The van der Waals surface area contributed by atoms with Gasteiger partial charge in [-0.1, -0.05) is 6.92 Å². The molecule has 0 bridgehead atoms. The molecule has 2 unspecified atom stereocenters. The van der Waals surface area contributed by atoms with E-state index >= 15 is 0 Å². The van der Waals surface area contributed by atoms with Crippen molar-refractivity contribution in [3.8, 4) is 0 Å². The van der Waals surface area contributed by atoms with Gasteiger partial charge in [-0.05, 0) is 26.2 Å². The van der Waals surface area contributed by atoms with Crippen molar-refractivity contribution in [2.45, 2.75) is 33.2 Å². The van der Waals surface area contributed by atoms with E-state index in [9.17, 15) is 0 Å². The number of nitrogens with two attached hydrogens (primary N) is 1. The average Bonchev–Trinajstić information content (AvgIpc) is 2.26. The number of hydrogen-bond acceptors (Lipinski definition) is 4. The second kappa shape index (κ2) is 4.37. The maximum atomic E-state index is 6.02. The summed E-state index contributed by atoms with van der Waals surface area (Å²) >= 11 is 0. The monoisotopic (exact) mass is 220 g/mol. The number of aromatic nitrogens is 2. The fourth-order valence-corrected chi connectivity index (χ4v) is 2.18. The third-order valence-corrected chi connectivity index (χ3v) is 3.32. The highest BCUT2D eigenvalue weighted by Gasteiger charge is 2.25. The molecular formula is C12H20N4. The number of anilines is 1. The largest absolute Gasteiger partial charge is 0.355 e. The smallest absolute Gasteiger partial charge is 0.150 e. The quantitative estimate of drug-likeness (QED) is 0.774. The Hall–Kier alpha value is -1.16. The van der Waals surface area contributed by atoms with Gasteiger partial charge >= 0.3 is 0 Å². The van der Waals surface area contributed by atoms with Gasteiger partial charge in [-0.15, -0.1) is 0 Å². The van der Waals surface area contributed by atoms with Crippen LogP contribution in [-0.2, 0) is 0 Å². The van der Waals surface area contributed by atoms with Gasteiger partial charge in [0.05, 0.1) is 11.4 Å². The Morgan fingerprint density at radius 3 is 2.88 bits per heavy atom. The highest BCUT2D eigenvalue weighted by atomic mass is 15.2. The van der Waals surface area contributed by atoms with Crippen LogP contribution in [-0.4, -0.2) is 29.1 Å². The van der Waals surface area contributed by atoms with Crippen molar-refractivity contribution >= 4 is 5.82 Å². The molecule has 0 aliphatic carbocycles. The predicted molar refractivity (Wildman–Crippen MR) is 65.5 cm³/mol. The summed E-state index contributed by atoms with van der Waals surface area (Å²) in [4.78, 5) is 11.2. The van der Waals surface area contributed by atoms with Crippen molar-refractivity contribution in [1.82, 2.24) is 9.97 Å². The lowest BCUT2D eigenvalue weighted by molar-refractivity contribution is 0.381. The van der Waals surface area contributed by atoms with E-state index in [1.165, 1.54) is 0 Å². The van der Waals surface area contributed by atoms with E-state index in [-0.39, 0.29) is 0 Å². The third-order valence-electron chi connectivity index (χ3n) is 3.32. The van der Waals surface area contributed by atoms with Gasteiger partial charge in [0.1, 0.15) is 5.82 Å². The van der Waals surface area contributed by atoms with Crippen molar-refractivity contribution in [1.29, 1.82) is 0 Å². The Morgan fingerprint density at radius 1 is 1.44 bits per heavy atom. The molecule has 2 N–H and O–H groups in total. The van der Waals surface area contributed by atoms with E-state index in [0.717, 1.165) is 36.7 Å². The zero-order valence-electron chi connectivity index (χ0n) is 10.3. The minimum atomic E-state index is 0.328. The predicted octanol–water partition coefficient (Wildman–Crippen LogP) is 1.27. The molecule has 0 radical (unpaired) electrons. The maximum Gasteiger partial charge on any atom is 0.150 e. The first-order chi connectivity index (χ1) is 7.58. The summed E-state index contributed by atoms with van der Waals surface area (Å²) in [6, 6.07) is 0.328. The Labute approximate surface area is 96.9 Å². The SMILES string of the molecule is Cc1cnc(C)c(N2CCC(N)C(C)C2)n1. The minimum Gasteiger partial charge on any atom is -0.355 e. The summed E-state index contributed by atoms with van der Waals surface area (Å²) < 4.78 is 0. The molecule has 0 saturated carbocycles. The van der Waals surface area contributed by atoms with Crippen LogP contribution in [0.5, 0.6) is 0 Å². The molecule has 1 aromatic heterocycles. The molecule has 16 heavy (non-hydrogen) atoms. The lowest BCUT2D eigenvalue weighted by Crippen LogP contribution is -2.46. The van der Waals surface area contributed by atoms with E-state index in [1.54, 1.807) is 0 Å². The lowest BCUT2D eigenvalue weighted by Gasteiger charge is -2.36. The van der Waals surface area contributed by atoms with Crippen molar-refractivity contribution in [2.75, 3.05) is 18.0 Å². The number of hydrogen-bond donors (Lipinski definition) is 1. The molecule has 1 aliphatic heterocycles. The number of aryl methyl sites for hydroxylation is 2. The van der Waals surface area contributed by atoms with Crippen molar-refractivity contribution in [2.24, 2.45) is 11.7 Å². The highest BCUT2D eigenvalue weighted by molar-refractivity contribution is 5.43. The van der Waals surface area contributed by atoms with Crippen molar-refractivity contribution in [3.63, 3.8) is 0 Å². The van der Waals surface area contributed by atoms with E-state index in [2.05, 4.69) is 21.8 Å². The van der Waals surface area contributed by atoms with Crippen LogP contribution in [0, 0.1) is 19.8 Å². The lowest BCUT2D eigenvalue weighted by atomic mass is 9.95. The van der Waals surface area contributed by atoms with Crippen LogP contribution in [0.2, 0.25) is 0 Å². The molecule has 88 valence electrons. The second-order valence-corrected chi connectivity index (χ2v) is 4.80. The fourth-order valence-electron chi connectivity index (χ4n) is 2.18. The molecule has 2 rings (SSSR count). The van der Waals surface area contributed by atoms with Crippen molar-refractivity contribution < 1.29 is 0 Å². The van der Waals surface area contributed by atoms with E-state index < -0.39 is 0 Å². The van der Waals surface area contributed by atoms with Crippen LogP contribution < -0.4 is 10.6 Å². The minimum absolute atomic E-state index is 0.328. The average molecular weight is 220 g/mol. The van der Waals surface area contributed by atoms with E-state index in [4.69, 9.17) is 5.73 Å². The zero-order chi connectivity index (χ0) is 11.7. The molecule has 1 aromatic rings. The van der Waals surface area contributed by atoms with Crippen LogP contribution in [0.25, 0.3) is 0 Å². The standard InChI is InChI=1S/C12H20N4/c1-8-7-16(5-4-11(8)13)12-10(3)14-6-9(2)15-12/h6,8,11H,4-5,7,13H2,1-3H3. The van der Waals surface area contributed by atoms with E-state index in [1.807, 2.05) is 20.0 Å². The molecule has 2 atom stereocenters. The zero-order valence-corrected chi connectivity index (χ0v) is 10.3. The van der Waals surface area contributed by atoms with Crippen LogP contribution in [0.15, 0.2) is 6.20 Å². The van der Waals surface area contributed by atoms with Crippen molar-refractivity contribution in [3.05, 3.63) is 17.6 Å². The normalized spacial score (nSPS) is 25.9. The highest BCUT2D eigenvalue weighted by Crippen LogP contribution is 2.22. The number of rotatable bonds is 1. The van der Waals surface area contributed by atoms with Gasteiger partial charge in [0, 0.05) is 25.3 Å². The topological polar surface area (TPSA) is 55.0 Å². The first-order valence-corrected chi connectivity index (χ1v) is 5.88. The van der Waals surface area contributed by atoms with Crippen LogP contribution >= 0.6 is 0 Å². The van der Waals surface area contributed by atoms with Gasteiger partial charge in [0.15, 0.2) is 0 Å². The molecule has 0 amide bonds. The Bertz CT molecular complexity index is 377. The van der Waals surface area contributed by atoms with Crippen LogP contribution in [0.1, 0.15) is 24.7 Å². The fraction of sp³-hybridized carbons (Fsp3) is 0.667. The Morgan fingerprint density at radius 2 is 2.19 bits per heavy atom. The van der Waals surface area contributed by atoms with Gasteiger partial charge < -0.3 is 10.6 Å². The molecule has 4 heteroatoms. The number of nitrogens with zero attached hydrogens (tertiary/aromatic N) is 3. The molecule has 2 heterocycles. The second-order valence-electron chi connectivity index (χ2n) is 4.80. The Balaban J connectivity index is 2.21. The maximum absolute atomic E-state index is 6.02. The Kier molecular flexibility index (Phi) is 3.10. The summed E-state index contributed by atoms with van der Waals surface area (Å²) in [6.45, 7) is 8.18.